The number of hydrogen-bond donors (Lipinski definition) is 0. The van der Waals surface area contributed by atoms with E-state index in [9.17, 15) is 5.26 Å². The van der Waals surface area contributed by atoms with Crippen LogP contribution in [0.2, 0.25) is 0 Å². The number of hydrogen-bond acceptors (Lipinski definition) is 4. The van der Waals surface area contributed by atoms with Crippen molar-refractivity contribution < 1.29 is 4.74 Å². The van der Waals surface area contributed by atoms with Crippen molar-refractivity contribution in [3.8, 4) is 22.4 Å². The van der Waals surface area contributed by atoms with Gasteiger partial charge >= 0.3 is 0 Å². The van der Waals surface area contributed by atoms with Crippen molar-refractivity contribution in [2.75, 3.05) is 0 Å². The molecule has 0 bridgehead atoms. The predicted molar refractivity (Wildman–Crippen MR) is 122 cm³/mol. The summed E-state index contributed by atoms with van der Waals surface area (Å²) in [4.78, 5) is 5.72. The van der Waals surface area contributed by atoms with Gasteiger partial charge in [0.2, 0.25) is 0 Å². The second-order valence-electron chi connectivity index (χ2n) is 7.74. The number of allylic oxidation sites excluding steroid dienone is 6. The lowest BCUT2D eigenvalue weighted by Gasteiger charge is -2.14. The van der Waals surface area contributed by atoms with E-state index in [4.69, 9.17) is 4.74 Å². The molecule has 1 aliphatic rings. The van der Waals surface area contributed by atoms with Gasteiger partial charge in [0.05, 0.1) is 16.5 Å². The lowest BCUT2D eigenvalue weighted by Crippen LogP contribution is -2.06. The maximum Gasteiger partial charge on any atom is 0.137 e. The summed E-state index contributed by atoms with van der Waals surface area (Å²) < 4.78 is 5.71. The van der Waals surface area contributed by atoms with E-state index in [0.29, 0.717) is 11.3 Å². The first kappa shape index (κ1) is 21.1. The van der Waals surface area contributed by atoms with E-state index >= 15 is 0 Å². The third-order valence-electron chi connectivity index (χ3n) is 5.04. The average molecular weight is 405 g/mol. The van der Waals surface area contributed by atoms with Crippen LogP contribution in [0.3, 0.4) is 0 Å². The molecule has 0 N–H and O–H groups in total. The van der Waals surface area contributed by atoms with Crippen LogP contribution in [0, 0.1) is 11.3 Å². The van der Waals surface area contributed by atoms with Gasteiger partial charge in [-0.3, -0.25) is 0 Å². The van der Waals surface area contributed by atoms with Crippen molar-refractivity contribution in [2.24, 2.45) is 0 Å². The Morgan fingerprint density at radius 2 is 2.07 bits per heavy atom. The second-order valence-corrected chi connectivity index (χ2v) is 8.77. The zero-order chi connectivity index (χ0) is 20.8. The van der Waals surface area contributed by atoms with Crippen LogP contribution >= 0.6 is 11.3 Å². The number of aromatic nitrogens is 1. The van der Waals surface area contributed by atoms with Crippen molar-refractivity contribution in [3.05, 3.63) is 64.2 Å². The lowest BCUT2D eigenvalue weighted by atomic mass is 9.92. The number of nitrogens with zero attached hydrogens (tertiary/aromatic N) is 2. The Labute approximate surface area is 178 Å². The van der Waals surface area contributed by atoms with Crippen LogP contribution in [0.15, 0.2) is 53.8 Å². The van der Waals surface area contributed by atoms with Gasteiger partial charge in [0.15, 0.2) is 0 Å². The van der Waals surface area contributed by atoms with E-state index in [0.717, 1.165) is 15.4 Å². The molecule has 1 aromatic heterocycles. The number of benzene rings is 1. The van der Waals surface area contributed by atoms with Crippen molar-refractivity contribution in [3.63, 3.8) is 0 Å². The van der Waals surface area contributed by atoms with Crippen LogP contribution in [0.4, 0.5) is 0 Å². The Morgan fingerprint density at radius 1 is 1.28 bits per heavy atom. The van der Waals surface area contributed by atoms with E-state index < -0.39 is 0 Å². The molecule has 3 nitrogen and oxygen atoms in total. The number of rotatable bonds is 6. The minimum Gasteiger partial charge on any atom is -0.490 e. The molecule has 4 heteroatoms. The van der Waals surface area contributed by atoms with Gasteiger partial charge in [-0.1, -0.05) is 23.8 Å². The highest BCUT2D eigenvalue weighted by Crippen LogP contribution is 2.32. The largest absolute Gasteiger partial charge is 0.490 e. The van der Waals surface area contributed by atoms with Gasteiger partial charge in [-0.2, -0.15) is 5.26 Å². The van der Waals surface area contributed by atoms with Crippen molar-refractivity contribution >= 4 is 16.9 Å². The SMILES string of the molecule is CC1=C(/C=C\C=C(/C)c2cnc(-c3ccc(OC(C)C)c(C#N)c3)s2)CCCC1. The molecule has 0 atom stereocenters. The van der Waals surface area contributed by atoms with E-state index in [2.05, 4.69) is 43.1 Å². The highest BCUT2D eigenvalue weighted by molar-refractivity contribution is 7.16. The van der Waals surface area contributed by atoms with Crippen molar-refractivity contribution in [1.29, 1.82) is 5.26 Å². The van der Waals surface area contributed by atoms with Crippen LogP contribution in [-0.2, 0) is 0 Å². The molecule has 29 heavy (non-hydrogen) atoms. The fraction of sp³-hybridized carbons (Fsp3) is 0.360. The molecular formula is C25H28N2OS. The maximum absolute atomic E-state index is 9.45. The summed E-state index contributed by atoms with van der Waals surface area (Å²) in [6.07, 6.45) is 13.6. The summed E-state index contributed by atoms with van der Waals surface area (Å²) in [5, 5.41) is 10.4. The standard InChI is InChI=1S/C25H28N2OS/c1-17(2)28-23-13-12-21(14-22(23)15-26)25-27-16-24(29-25)19(4)9-7-11-20-10-6-5-8-18(20)3/h7,9,11-14,16-17H,5-6,8,10H2,1-4H3/b11-7-,19-9+. The van der Waals surface area contributed by atoms with Crippen LogP contribution < -0.4 is 4.74 Å². The molecule has 0 amide bonds. The predicted octanol–water partition coefficient (Wildman–Crippen LogP) is 7.32. The molecule has 0 saturated carbocycles. The van der Waals surface area contributed by atoms with Gasteiger partial charge in [0.1, 0.15) is 16.8 Å². The summed E-state index contributed by atoms with van der Waals surface area (Å²) in [5.74, 6) is 0.622. The number of ether oxygens (including phenoxy) is 1. The Hall–Kier alpha value is -2.64. The minimum atomic E-state index is 0.0356. The highest BCUT2D eigenvalue weighted by atomic mass is 32.1. The zero-order valence-electron chi connectivity index (χ0n) is 17.7. The Bertz CT molecular complexity index is 1000. The monoisotopic (exact) mass is 404 g/mol. The lowest BCUT2D eigenvalue weighted by molar-refractivity contribution is 0.242. The quantitative estimate of drug-likeness (QED) is 0.474. The topological polar surface area (TPSA) is 45.9 Å². The van der Waals surface area contributed by atoms with Crippen molar-refractivity contribution in [2.45, 2.75) is 59.5 Å². The molecule has 0 fully saturated rings. The fourth-order valence-corrected chi connectivity index (χ4v) is 4.29. The molecule has 0 radical (unpaired) electrons. The molecule has 0 saturated heterocycles. The third-order valence-corrected chi connectivity index (χ3v) is 6.23. The molecule has 1 aliphatic carbocycles. The van der Waals surface area contributed by atoms with Gasteiger partial charge < -0.3 is 4.74 Å². The van der Waals surface area contributed by atoms with E-state index in [1.54, 1.807) is 11.3 Å². The molecule has 2 aromatic rings. The van der Waals surface area contributed by atoms with Crippen LogP contribution in [0.5, 0.6) is 5.75 Å². The third kappa shape index (κ3) is 5.46. The van der Waals surface area contributed by atoms with Gasteiger partial charge in [-0.05, 0) is 82.7 Å². The summed E-state index contributed by atoms with van der Waals surface area (Å²) in [5.41, 5.74) is 5.69. The Kier molecular flexibility index (Phi) is 7.06. The molecule has 1 aromatic carbocycles. The minimum absolute atomic E-state index is 0.0356. The maximum atomic E-state index is 9.45. The molecule has 0 unspecified atom stereocenters. The van der Waals surface area contributed by atoms with Gasteiger partial charge in [-0.15, -0.1) is 11.3 Å². The molecule has 3 rings (SSSR count). The van der Waals surface area contributed by atoms with Gasteiger partial charge in [-0.25, -0.2) is 4.98 Å². The summed E-state index contributed by atoms with van der Waals surface area (Å²) in [6.45, 7) is 8.28. The summed E-state index contributed by atoms with van der Waals surface area (Å²) in [7, 11) is 0. The zero-order valence-corrected chi connectivity index (χ0v) is 18.5. The first-order valence-corrected chi connectivity index (χ1v) is 11.0. The molecule has 1 heterocycles. The van der Waals surface area contributed by atoms with Crippen LogP contribution in [0.25, 0.3) is 16.1 Å². The van der Waals surface area contributed by atoms with Crippen LogP contribution in [-0.4, -0.2) is 11.1 Å². The first-order valence-electron chi connectivity index (χ1n) is 10.2. The molecule has 150 valence electrons. The fourth-order valence-electron chi connectivity index (χ4n) is 3.39. The Balaban J connectivity index is 1.77. The Morgan fingerprint density at radius 3 is 2.79 bits per heavy atom. The van der Waals surface area contributed by atoms with Crippen LogP contribution in [0.1, 0.15) is 63.8 Å². The first-order chi connectivity index (χ1) is 14.0. The molecule has 0 spiro atoms. The van der Waals surface area contributed by atoms with E-state index in [-0.39, 0.29) is 6.10 Å². The average Bonchev–Trinajstić information content (AvgIpc) is 3.19. The normalized spacial score (nSPS) is 15.2. The molecule has 0 aliphatic heterocycles. The number of thiazole rings is 1. The highest BCUT2D eigenvalue weighted by Gasteiger charge is 2.11. The second kappa shape index (κ2) is 9.71. The molecular weight excluding hydrogens is 376 g/mol. The smallest absolute Gasteiger partial charge is 0.137 e. The van der Waals surface area contributed by atoms with Gasteiger partial charge in [0.25, 0.3) is 0 Å². The summed E-state index contributed by atoms with van der Waals surface area (Å²) in [6, 6.07) is 7.92. The number of nitriles is 1. The summed E-state index contributed by atoms with van der Waals surface area (Å²) >= 11 is 1.64. The van der Waals surface area contributed by atoms with Crippen molar-refractivity contribution in [1.82, 2.24) is 4.98 Å². The van der Waals surface area contributed by atoms with E-state index in [1.165, 1.54) is 42.4 Å². The van der Waals surface area contributed by atoms with Gasteiger partial charge in [0, 0.05) is 11.8 Å². The van der Waals surface area contributed by atoms with E-state index in [1.807, 2.05) is 38.2 Å².